The second-order valence-corrected chi connectivity index (χ2v) is 5.46. The summed E-state index contributed by atoms with van der Waals surface area (Å²) in [6, 6.07) is 11.9. The molecule has 1 aromatic heterocycles. The van der Waals surface area contributed by atoms with Crippen molar-refractivity contribution in [2.45, 2.75) is 20.0 Å². The number of rotatable bonds is 6. The molecule has 20 heavy (non-hydrogen) atoms. The Morgan fingerprint density at radius 2 is 2.00 bits per heavy atom. The number of aryl methyl sites for hydroxylation is 1. The molecule has 0 bridgehead atoms. The van der Waals surface area contributed by atoms with Gasteiger partial charge in [0, 0.05) is 15.8 Å². The smallest absolute Gasteiger partial charge is 0.328 e. The molecule has 0 unspecified atom stereocenters. The van der Waals surface area contributed by atoms with Gasteiger partial charge in [-0.15, -0.1) is 11.3 Å². The highest BCUT2D eigenvalue weighted by Gasteiger charge is 2.00. The first-order chi connectivity index (χ1) is 9.67. The lowest BCUT2D eigenvalue weighted by Gasteiger charge is -2.05. The molecule has 1 N–H and O–H groups in total. The van der Waals surface area contributed by atoms with Crippen LogP contribution in [-0.4, -0.2) is 11.1 Å². The first kappa shape index (κ1) is 14.3. The van der Waals surface area contributed by atoms with E-state index >= 15 is 0 Å². The molecule has 0 amide bonds. The first-order valence-electron chi connectivity index (χ1n) is 6.39. The Balaban J connectivity index is 1.91. The summed E-state index contributed by atoms with van der Waals surface area (Å²) in [5.74, 6) is -0.0922. The number of aliphatic carboxylic acids is 1. The normalized spacial score (nSPS) is 10.8. The Hall–Kier alpha value is -2.07. The van der Waals surface area contributed by atoms with Gasteiger partial charge in [-0.3, -0.25) is 0 Å². The topological polar surface area (TPSA) is 46.5 Å². The number of thiophene rings is 1. The zero-order valence-electron chi connectivity index (χ0n) is 11.2. The van der Waals surface area contributed by atoms with Gasteiger partial charge in [0.1, 0.15) is 12.4 Å². The van der Waals surface area contributed by atoms with Crippen LogP contribution in [0.2, 0.25) is 0 Å². The van der Waals surface area contributed by atoms with Gasteiger partial charge in [-0.25, -0.2) is 4.79 Å². The molecule has 0 aliphatic heterocycles. The molecule has 0 saturated heterocycles. The Labute approximate surface area is 122 Å². The summed E-state index contributed by atoms with van der Waals surface area (Å²) in [7, 11) is 0. The molecular weight excluding hydrogens is 272 g/mol. The largest absolute Gasteiger partial charge is 0.488 e. The minimum absolute atomic E-state index is 0.497. The van der Waals surface area contributed by atoms with E-state index in [4.69, 9.17) is 9.84 Å². The van der Waals surface area contributed by atoms with Crippen molar-refractivity contribution in [2.75, 3.05) is 0 Å². The summed E-state index contributed by atoms with van der Waals surface area (Å²) in [6.07, 6.45) is 3.75. The van der Waals surface area contributed by atoms with Crippen molar-refractivity contribution in [1.82, 2.24) is 0 Å². The molecule has 0 saturated carbocycles. The molecule has 2 rings (SSSR count). The highest BCUT2D eigenvalue weighted by Crippen LogP contribution is 2.20. The van der Waals surface area contributed by atoms with Gasteiger partial charge >= 0.3 is 5.97 Å². The zero-order chi connectivity index (χ0) is 14.4. The summed E-state index contributed by atoms with van der Waals surface area (Å²) in [4.78, 5) is 12.4. The van der Waals surface area contributed by atoms with Crippen LogP contribution in [0.25, 0.3) is 6.08 Å². The van der Waals surface area contributed by atoms with Crippen molar-refractivity contribution in [1.29, 1.82) is 0 Å². The summed E-state index contributed by atoms with van der Waals surface area (Å²) < 4.78 is 5.70. The summed E-state index contributed by atoms with van der Waals surface area (Å²) in [5, 5.41) is 8.57. The monoisotopic (exact) mass is 288 g/mol. The Bertz CT molecular complexity index is 596. The summed E-state index contributed by atoms with van der Waals surface area (Å²) in [5.41, 5.74) is 1.29. The SMILES string of the molecule is CCc1ccc(OCc2ccc(C=CC(=O)O)s2)cc1. The van der Waals surface area contributed by atoms with Crippen molar-refractivity contribution in [2.24, 2.45) is 0 Å². The lowest BCUT2D eigenvalue weighted by molar-refractivity contribution is -0.131. The van der Waals surface area contributed by atoms with E-state index in [9.17, 15) is 4.79 Å². The molecule has 4 heteroatoms. The number of ether oxygens (including phenoxy) is 1. The van der Waals surface area contributed by atoms with Gasteiger partial charge < -0.3 is 9.84 Å². The van der Waals surface area contributed by atoms with E-state index in [1.54, 1.807) is 6.08 Å². The van der Waals surface area contributed by atoms with E-state index in [1.807, 2.05) is 24.3 Å². The maximum Gasteiger partial charge on any atom is 0.328 e. The molecule has 104 valence electrons. The van der Waals surface area contributed by atoms with Crippen LogP contribution in [0.5, 0.6) is 5.75 Å². The van der Waals surface area contributed by atoms with Crippen LogP contribution in [0.4, 0.5) is 0 Å². The van der Waals surface area contributed by atoms with Gasteiger partial charge in [0.15, 0.2) is 0 Å². The molecule has 0 aliphatic carbocycles. The lowest BCUT2D eigenvalue weighted by atomic mass is 10.2. The Morgan fingerprint density at radius 3 is 2.65 bits per heavy atom. The molecule has 0 radical (unpaired) electrons. The van der Waals surface area contributed by atoms with Crippen LogP contribution >= 0.6 is 11.3 Å². The van der Waals surface area contributed by atoms with E-state index in [0.29, 0.717) is 6.61 Å². The van der Waals surface area contributed by atoms with Gasteiger partial charge in [-0.1, -0.05) is 19.1 Å². The Kier molecular flexibility index (Phi) is 4.96. The average molecular weight is 288 g/mol. The second kappa shape index (κ2) is 6.91. The minimum atomic E-state index is -0.938. The maximum absolute atomic E-state index is 10.4. The quantitative estimate of drug-likeness (QED) is 0.818. The molecule has 0 atom stereocenters. The van der Waals surface area contributed by atoms with Gasteiger partial charge in [0.25, 0.3) is 0 Å². The zero-order valence-corrected chi connectivity index (χ0v) is 12.0. The van der Waals surface area contributed by atoms with E-state index < -0.39 is 5.97 Å². The molecule has 0 aliphatic rings. The van der Waals surface area contributed by atoms with Crippen LogP contribution < -0.4 is 4.74 Å². The summed E-state index contributed by atoms with van der Waals surface area (Å²) in [6.45, 7) is 2.62. The molecular formula is C16H16O3S. The first-order valence-corrected chi connectivity index (χ1v) is 7.20. The predicted molar refractivity (Wildman–Crippen MR) is 81.1 cm³/mol. The maximum atomic E-state index is 10.4. The van der Waals surface area contributed by atoms with Crippen LogP contribution in [0.15, 0.2) is 42.5 Å². The predicted octanol–water partition coefficient (Wildman–Crippen LogP) is 3.99. The highest BCUT2D eigenvalue weighted by atomic mass is 32.1. The number of hydrogen-bond acceptors (Lipinski definition) is 3. The third-order valence-corrected chi connectivity index (χ3v) is 3.81. The number of carboxylic acid groups (broad SMARTS) is 1. The number of carbonyl (C=O) groups is 1. The molecule has 3 nitrogen and oxygen atoms in total. The van der Waals surface area contributed by atoms with E-state index in [2.05, 4.69) is 19.1 Å². The highest BCUT2D eigenvalue weighted by molar-refractivity contribution is 7.12. The third-order valence-electron chi connectivity index (χ3n) is 2.79. The van der Waals surface area contributed by atoms with Crippen molar-refractivity contribution in [3.63, 3.8) is 0 Å². The van der Waals surface area contributed by atoms with E-state index in [0.717, 1.165) is 28.0 Å². The second-order valence-electron chi connectivity index (χ2n) is 4.26. The number of benzene rings is 1. The fourth-order valence-electron chi connectivity index (χ4n) is 1.69. The van der Waals surface area contributed by atoms with E-state index in [-0.39, 0.29) is 0 Å². The van der Waals surface area contributed by atoms with Gasteiger partial charge in [0.2, 0.25) is 0 Å². The molecule has 1 aromatic carbocycles. The van der Waals surface area contributed by atoms with Crippen LogP contribution in [0.3, 0.4) is 0 Å². The molecule has 2 aromatic rings. The third kappa shape index (κ3) is 4.24. The van der Waals surface area contributed by atoms with Gasteiger partial charge in [-0.05, 0) is 42.3 Å². The van der Waals surface area contributed by atoms with Crippen LogP contribution in [0, 0.1) is 0 Å². The standard InChI is InChI=1S/C16H16O3S/c1-2-12-3-5-13(6-4-12)19-11-15-8-7-14(20-15)9-10-16(17)18/h3-10H,2,11H2,1H3,(H,17,18). The number of hydrogen-bond donors (Lipinski definition) is 1. The fourth-order valence-corrected chi connectivity index (χ4v) is 2.52. The molecule has 0 fully saturated rings. The van der Waals surface area contributed by atoms with Crippen LogP contribution in [-0.2, 0) is 17.8 Å². The van der Waals surface area contributed by atoms with Crippen molar-refractivity contribution in [3.8, 4) is 5.75 Å². The van der Waals surface area contributed by atoms with E-state index in [1.165, 1.54) is 16.9 Å². The van der Waals surface area contributed by atoms with Crippen molar-refractivity contribution < 1.29 is 14.6 Å². The van der Waals surface area contributed by atoms with Crippen molar-refractivity contribution >= 4 is 23.4 Å². The van der Waals surface area contributed by atoms with Gasteiger partial charge in [0.05, 0.1) is 0 Å². The summed E-state index contributed by atoms with van der Waals surface area (Å²) >= 11 is 1.53. The molecule has 0 spiro atoms. The van der Waals surface area contributed by atoms with Crippen molar-refractivity contribution in [3.05, 3.63) is 57.8 Å². The average Bonchev–Trinajstić information content (AvgIpc) is 2.91. The Morgan fingerprint density at radius 1 is 1.25 bits per heavy atom. The lowest BCUT2D eigenvalue weighted by Crippen LogP contribution is -1.92. The molecule has 1 heterocycles. The number of carboxylic acids is 1. The van der Waals surface area contributed by atoms with Crippen LogP contribution in [0.1, 0.15) is 22.2 Å². The van der Waals surface area contributed by atoms with Gasteiger partial charge in [-0.2, -0.15) is 0 Å². The fraction of sp³-hybridized carbons (Fsp3) is 0.188. The minimum Gasteiger partial charge on any atom is -0.488 e.